The molecule has 5 N–H and O–H groups in total. The van der Waals surface area contributed by atoms with Crippen molar-refractivity contribution in [2.75, 3.05) is 36.3 Å². The summed E-state index contributed by atoms with van der Waals surface area (Å²) in [4.78, 5) is 48.6. The van der Waals surface area contributed by atoms with Gasteiger partial charge in [0.15, 0.2) is 27.6 Å². The molecule has 0 radical (unpaired) electrons. The molecule has 0 spiro atoms. The number of hydrogen-bond donors (Lipinski definition) is 4. The number of thioether (sulfide) groups is 1. The molecule has 13 heteroatoms. The first-order valence-corrected chi connectivity index (χ1v) is 12.3. The van der Waals surface area contributed by atoms with Crippen LogP contribution in [0, 0.1) is 6.92 Å². The van der Waals surface area contributed by atoms with Gasteiger partial charge < -0.3 is 25.8 Å². The van der Waals surface area contributed by atoms with Crippen LogP contribution in [0.4, 0.5) is 16.6 Å². The predicted octanol–water partition coefficient (Wildman–Crippen LogP) is 3.27. The molecule has 0 aliphatic heterocycles. The Bertz CT molecular complexity index is 1520. The van der Waals surface area contributed by atoms with Crippen LogP contribution in [-0.4, -0.2) is 46.7 Å². The molecule has 0 bridgehead atoms. The summed E-state index contributed by atoms with van der Waals surface area (Å²) in [5, 5.41) is 5.82. The number of nitrogen functional groups attached to an aromatic ring is 1. The van der Waals surface area contributed by atoms with Gasteiger partial charge in [-0.3, -0.25) is 19.4 Å². The van der Waals surface area contributed by atoms with E-state index >= 15 is 0 Å². The summed E-state index contributed by atoms with van der Waals surface area (Å²) in [5.41, 5.74) is 7.21. The number of hydrogen-bond acceptors (Lipinski definition) is 10. The van der Waals surface area contributed by atoms with Crippen molar-refractivity contribution in [1.82, 2.24) is 15.0 Å². The lowest BCUT2D eigenvalue weighted by molar-refractivity contribution is -0.113. The first-order chi connectivity index (χ1) is 17.3. The molecule has 36 heavy (non-hydrogen) atoms. The zero-order chi connectivity index (χ0) is 25.8. The van der Waals surface area contributed by atoms with Crippen LogP contribution >= 0.6 is 23.1 Å². The molecule has 0 aliphatic carbocycles. The van der Waals surface area contributed by atoms with Crippen molar-refractivity contribution in [3.63, 3.8) is 0 Å². The largest absolute Gasteiger partial charge is 0.493 e. The molecule has 4 aromatic rings. The second kappa shape index (κ2) is 10.7. The number of nitrogens with one attached hydrogen (secondary N) is 3. The minimum absolute atomic E-state index is 0.0331. The number of aromatic amines is 1. The van der Waals surface area contributed by atoms with E-state index in [4.69, 9.17) is 15.2 Å². The lowest BCUT2D eigenvalue weighted by Gasteiger charge is -2.11. The number of aryl methyl sites for hydroxylation is 1. The van der Waals surface area contributed by atoms with E-state index in [0.717, 1.165) is 27.5 Å². The third-order valence-corrected chi connectivity index (χ3v) is 6.75. The van der Waals surface area contributed by atoms with Gasteiger partial charge in [0.05, 0.1) is 30.2 Å². The number of H-pyrrole nitrogens is 1. The summed E-state index contributed by atoms with van der Waals surface area (Å²) in [6.07, 6.45) is 0. The van der Waals surface area contributed by atoms with E-state index in [0.29, 0.717) is 16.6 Å². The van der Waals surface area contributed by atoms with E-state index < -0.39 is 11.5 Å². The first-order valence-electron chi connectivity index (χ1n) is 10.5. The van der Waals surface area contributed by atoms with Gasteiger partial charge in [-0.05, 0) is 42.8 Å². The Balaban J connectivity index is 1.40. The Kier molecular flexibility index (Phi) is 7.41. The molecule has 0 saturated heterocycles. The number of rotatable bonds is 8. The van der Waals surface area contributed by atoms with Crippen LogP contribution in [0.5, 0.6) is 11.5 Å². The van der Waals surface area contributed by atoms with Crippen molar-refractivity contribution in [3.8, 4) is 11.5 Å². The Labute approximate surface area is 213 Å². The van der Waals surface area contributed by atoms with Gasteiger partial charge in [0.1, 0.15) is 5.69 Å². The molecule has 2 heterocycles. The van der Waals surface area contributed by atoms with Gasteiger partial charge in [-0.25, -0.2) is 9.97 Å². The summed E-state index contributed by atoms with van der Waals surface area (Å²) >= 11 is 2.37. The maximum atomic E-state index is 12.6. The third kappa shape index (κ3) is 5.58. The van der Waals surface area contributed by atoms with Crippen LogP contribution in [0.15, 0.2) is 46.3 Å². The molecule has 2 aromatic carbocycles. The van der Waals surface area contributed by atoms with Crippen LogP contribution in [0.1, 0.15) is 15.9 Å². The van der Waals surface area contributed by atoms with Gasteiger partial charge in [0.2, 0.25) is 5.91 Å². The number of nitrogens with two attached hydrogens (primary N) is 1. The van der Waals surface area contributed by atoms with Gasteiger partial charge >= 0.3 is 0 Å². The van der Waals surface area contributed by atoms with Gasteiger partial charge in [-0.1, -0.05) is 29.2 Å². The average molecular weight is 527 g/mol. The van der Waals surface area contributed by atoms with Crippen LogP contribution in [0.25, 0.3) is 10.2 Å². The summed E-state index contributed by atoms with van der Waals surface area (Å²) in [6.45, 7) is 1.99. The smallest absolute Gasteiger partial charge is 0.277 e. The summed E-state index contributed by atoms with van der Waals surface area (Å²) < 4.78 is 11.3. The second-order valence-corrected chi connectivity index (χ2v) is 9.48. The number of anilines is 3. The highest BCUT2D eigenvalue weighted by Gasteiger charge is 2.17. The summed E-state index contributed by atoms with van der Waals surface area (Å²) in [5.74, 6) is -0.303. The zero-order valence-electron chi connectivity index (χ0n) is 19.5. The predicted molar refractivity (Wildman–Crippen MR) is 140 cm³/mol. The molecule has 4 rings (SSSR count). The Morgan fingerprint density at radius 2 is 1.86 bits per heavy atom. The molecule has 186 valence electrons. The fourth-order valence-corrected chi connectivity index (χ4v) is 4.84. The number of methoxy groups -OCH3 is 2. The molecule has 0 saturated carbocycles. The molecule has 2 aromatic heterocycles. The average Bonchev–Trinajstić information content (AvgIpc) is 3.25. The minimum atomic E-state index is -0.652. The van der Waals surface area contributed by atoms with E-state index in [1.165, 1.54) is 37.7 Å². The normalized spacial score (nSPS) is 10.8. The summed E-state index contributed by atoms with van der Waals surface area (Å²) in [7, 11) is 2.93. The SMILES string of the molecule is COc1ccc(C(=O)Nc2c(N)nc(SCC(=O)Nc3nc4ccc(C)cc4s3)[nH]c2=O)cc1OC. The number of fused-ring (bicyclic) bond motifs is 1. The number of nitrogens with zero attached hydrogens (tertiary/aromatic N) is 2. The quantitative estimate of drug-likeness (QED) is 0.199. The van der Waals surface area contributed by atoms with Crippen molar-refractivity contribution in [1.29, 1.82) is 0 Å². The fourth-order valence-electron chi connectivity index (χ4n) is 3.20. The lowest BCUT2D eigenvalue weighted by atomic mass is 10.2. The standard InChI is InChI=1S/C23H22N6O5S2/c1-11-4-6-13-16(8-11)36-23(25-13)26-17(30)10-35-22-28-19(24)18(21(32)29-22)27-20(31)12-5-7-14(33-2)15(9-12)34-3/h4-9H,10H2,1-3H3,(H,27,31)(H,25,26,30)(H3,24,28,29,32). The molecule has 2 amide bonds. The number of aromatic nitrogens is 3. The van der Waals surface area contributed by atoms with E-state index in [1.807, 2.05) is 25.1 Å². The number of amides is 2. The number of thiazole rings is 1. The maximum Gasteiger partial charge on any atom is 0.277 e. The van der Waals surface area contributed by atoms with Crippen molar-refractivity contribution in [3.05, 3.63) is 57.9 Å². The monoisotopic (exact) mass is 526 g/mol. The highest BCUT2D eigenvalue weighted by molar-refractivity contribution is 7.99. The van der Waals surface area contributed by atoms with Crippen molar-refractivity contribution in [2.45, 2.75) is 12.1 Å². The molecule has 0 unspecified atom stereocenters. The van der Waals surface area contributed by atoms with E-state index in [1.54, 1.807) is 6.07 Å². The number of carbonyl (C=O) groups is 2. The Hall–Kier alpha value is -4.10. The molecule has 0 atom stereocenters. The van der Waals surface area contributed by atoms with Gasteiger partial charge in [0, 0.05) is 5.56 Å². The van der Waals surface area contributed by atoms with E-state index in [2.05, 4.69) is 25.6 Å². The Morgan fingerprint density at radius 1 is 1.08 bits per heavy atom. The molecule has 0 fully saturated rings. The van der Waals surface area contributed by atoms with Crippen LogP contribution in [-0.2, 0) is 4.79 Å². The summed E-state index contributed by atoms with van der Waals surface area (Å²) in [6, 6.07) is 10.4. The van der Waals surface area contributed by atoms with Crippen LogP contribution < -0.4 is 31.4 Å². The lowest BCUT2D eigenvalue weighted by Crippen LogP contribution is -2.23. The van der Waals surface area contributed by atoms with E-state index in [-0.39, 0.29) is 33.9 Å². The van der Waals surface area contributed by atoms with Crippen LogP contribution in [0.3, 0.4) is 0 Å². The number of ether oxygens (including phenoxy) is 2. The van der Waals surface area contributed by atoms with Crippen molar-refractivity contribution >= 4 is 61.8 Å². The highest BCUT2D eigenvalue weighted by Crippen LogP contribution is 2.29. The molecular formula is C23H22N6O5S2. The Morgan fingerprint density at radius 3 is 2.58 bits per heavy atom. The molecular weight excluding hydrogens is 504 g/mol. The van der Waals surface area contributed by atoms with Crippen molar-refractivity contribution < 1.29 is 19.1 Å². The number of benzene rings is 2. The number of carbonyl (C=O) groups excluding carboxylic acids is 2. The topological polar surface area (TPSA) is 161 Å². The fraction of sp³-hybridized carbons (Fsp3) is 0.174. The third-order valence-electron chi connectivity index (χ3n) is 4.94. The van der Waals surface area contributed by atoms with Gasteiger partial charge in [-0.15, -0.1) is 0 Å². The molecule has 11 nitrogen and oxygen atoms in total. The van der Waals surface area contributed by atoms with Crippen molar-refractivity contribution in [2.24, 2.45) is 0 Å². The molecule has 0 aliphatic rings. The minimum Gasteiger partial charge on any atom is -0.493 e. The van der Waals surface area contributed by atoms with Gasteiger partial charge in [-0.2, -0.15) is 0 Å². The van der Waals surface area contributed by atoms with Crippen LogP contribution in [0.2, 0.25) is 0 Å². The van der Waals surface area contributed by atoms with E-state index in [9.17, 15) is 14.4 Å². The second-order valence-electron chi connectivity index (χ2n) is 7.48. The maximum absolute atomic E-state index is 12.6. The zero-order valence-corrected chi connectivity index (χ0v) is 21.1. The first kappa shape index (κ1) is 25.0. The van der Waals surface area contributed by atoms with Gasteiger partial charge in [0.25, 0.3) is 11.5 Å². The highest BCUT2D eigenvalue weighted by atomic mass is 32.2.